The van der Waals surface area contributed by atoms with Crippen LogP contribution in [0.4, 0.5) is 11.6 Å². The van der Waals surface area contributed by atoms with Crippen molar-refractivity contribution in [2.24, 2.45) is 0 Å². The number of benzene rings is 3. The van der Waals surface area contributed by atoms with Gasteiger partial charge in [0.2, 0.25) is 5.95 Å². The van der Waals surface area contributed by atoms with Crippen molar-refractivity contribution in [3.05, 3.63) is 71.9 Å². The van der Waals surface area contributed by atoms with Crippen LogP contribution in [0.2, 0.25) is 5.02 Å². The van der Waals surface area contributed by atoms with E-state index in [1.165, 1.54) is 25.7 Å². The fraction of sp³-hybridized carbons (Fsp3) is 0.286. The van der Waals surface area contributed by atoms with E-state index in [1.807, 2.05) is 42.5 Å². The number of hydrogen-bond donors (Lipinski definition) is 3. The van der Waals surface area contributed by atoms with Crippen molar-refractivity contribution in [3.63, 3.8) is 0 Å². The maximum absolute atomic E-state index is 9.81. The number of ether oxygens (including phenoxy) is 1. The number of anilines is 2. The molecule has 0 amide bonds. The number of nitrogens with one attached hydrogen (secondary N) is 2. The molecule has 0 radical (unpaired) electrons. The Morgan fingerprint density at radius 1 is 1.03 bits per heavy atom. The summed E-state index contributed by atoms with van der Waals surface area (Å²) in [6.45, 7) is 1.84. The highest BCUT2D eigenvalue weighted by Crippen LogP contribution is 2.32. The van der Waals surface area contributed by atoms with Gasteiger partial charge in [-0.3, -0.25) is 0 Å². The zero-order valence-electron chi connectivity index (χ0n) is 19.5. The summed E-state index contributed by atoms with van der Waals surface area (Å²) >= 11 is 6.31. The molecule has 3 aromatic carbocycles. The Balaban J connectivity index is 1.21. The maximum atomic E-state index is 9.81. The van der Waals surface area contributed by atoms with E-state index in [0.29, 0.717) is 23.6 Å². The van der Waals surface area contributed by atoms with Crippen LogP contribution in [0.5, 0.6) is 11.5 Å². The highest BCUT2D eigenvalue weighted by molar-refractivity contribution is 6.33. The van der Waals surface area contributed by atoms with E-state index in [-0.39, 0.29) is 5.75 Å². The average molecular weight is 489 g/mol. The van der Waals surface area contributed by atoms with Gasteiger partial charge in [-0.1, -0.05) is 30.5 Å². The second kappa shape index (κ2) is 10.9. The Bertz CT molecular complexity index is 1290. The largest absolute Gasteiger partial charge is 0.508 e. The first-order valence-corrected chi connectivity index (χ1v) is 12.5. The summed E-state index contributed by atoms with van der Waals surface area (Å²) in [7, 11) is 0. The second-order valence-corrected chi connectivity index (χ2v) is 9.33. The van der Waals surface area contributed by atoms with Crippen LogP contribution in [0, 0.1) is 0 Å². The number of phenols is 1. The van der Waals surface area contributed by atoms with Crippen molar-refractivity contribution in [3.8, 4) is 22.6 Å². The first-order valence-electron chi connectivity index (χ1n) is 12.1. The Morgan fingerprint density at radius 2 is 1.91 bits per heavy atom. The number of fused-ring (bicyclic) bond motifs is 1. The second-order valence-electron chi connectivity index (χ2n) is 8.92. The number of aromatic nitrogens is 2. The molecule has 1 aliphatic rings. The third kappa shape index (κ3) is 6.02. The number of aromatic hydroxyl groups is 1. The summed E-state index contributed by atoms with van der Waals surface area (Å²) in [4.78, 5) is 9.10. The number of rotatable bonds is 7. The molecular formula is C28H29ClN4O2. The van der Waals surface area contributed by atoms with Crippen LogP contribution in [0.25, 0.3) is 22.0 Å². The van der Waals surface area contributed by atoms with Crippen LogP contribution in [0.1, 0.15) is 32.1 Å². The molecule has 1 aromatic heterocycles. The van der Waals surface area contributed by atoms with Gasteiger partial charge < -0.3 is 20.5 Å². The van der Waals surface area contributed by atoms with E-state index in [4.69, 9.17) is 16.3 Å². The molecule has 7 heteroatoms. The Labute approximate surface area is 210 Å². The van der Waals surface area contributed by atoms with Gasteiger partial charge in [-0.2, -0.15) is 0 Å². The Morgan fingerprint density at radius 3 is 2.80 bits per heavy atom. The van der Waals surface area contributed by atoms with Crippen LogP contribution in [0.15, 0.2) is 66.9 Å². The molecule has 1 atom stereocenters. The number of nitrogens with zero attached hydrogens (tertiary/aromatic N) is 2. The summed E-state index contributed by atoms with van der Waals surface area (Å²) in [6, 6.07) is 19.2. The molecular weight excluding hydrogens is 460 g/mol. The van der Waals surface area contributed by atoms with E-state index >= 15 is 0 Å². The van der Waals surface area contributed by atoms with Gasteiger partial charge in [0.1, 0.15) is 11.5 Å². The number of hydrogen-bond acceptors (Lipinski definition) is 6. The highest BCUT2D eigenvalue weighted by atomic mass is 35.5. The van der Waals surface area contributed by atoms with Crippen LogP contribution >= 0.6 is 11.6 Å². The summed E-state index contributed by atoms with van der Waals surface area (Å²) in [5, 5.41) is 18.1. The van der Waals surface area contributed by atoms with Crippen LogP contribution in [0.3, 0.4) is 0 Å². The average Bonchev–Trinajstić information content (AvgIpc) is 3.15. The molecule has 3 N–H and O–H groups in total. The molecule has 0 spiro atoms. The molecule has 0 bridgehead atoms. The quantitative estimate of drug-likeness (QED) is 0.268. The molecule has 6 nitrogen and oxygen atoms in total. The minimum Gasteiger partial charge on any atom is -0.508 e. The topological polar surface area (TPSA) is 79.3 Å². The van der Waals surface area contributed by atoms with Gasteiger partial charge in [-0.05, 0) is 86.0 Å². The first kappa shape index (κ1) is 23.4. The fourth-order valence-electron chi connectivity index (χ4n) is 4.43. The molecule has 0 aliphatic carbocycles. The third-order valence-corrected chi connectivity index (χ3v) is 6.68. The summed E-state index contributed by atoms with van der Waals surface area (Å²) in [6.07, 6.45) is 7.97. The van der Waals surface area contributed by atoms with E-state index in [2.05, 4.69) is 20.6 Å². The van der Waals surface area contributed by atoms with Gasteiger partial charge in [0.25, 0.3) is 0 Å². The number of phenolic OH excluding ortho intramolecular Hbond substituents is 1. The van der Waals surface area contributed by atoms with Crippen molar-refractivity contribution in [2.75, 3.05) is 18.5 Å². The van der Waals surface area contributed by atoms with Gasteiger partial charge in [0, 0.05) is 33.9 Å². The van der Waals surface area contributed by atoms with E-state index in [1.54, 1.807) is 24.4 Å². The minimum absolute atomic E-state index is 0.174. The van der Waals surface area contributed by atoms with Gasteiger partial charge in [0.05, 0.1) is 12.1 Å². The molecule has 0 saturated carbocycles. The lowest BCUT2D eigenvalue weighted by Crippen LogP contribution is -2.29. The van der Waals surface area contributed by atoms with Crippen LogP contribution < -0.4 is 15.4 Å². The molecule has 2 heterocycles. The molecule has 180 valence electrons. The lowest BCUT2D eigenvalue weighted by Gasteiger charge is -2.16. The van der Waals surface area contributed by atoms with Crippen molar-refractivity contribution < 1.29 is 9.84 Å². The lowest BCUT2D eigenvalue weighted by molar-refractivity contribution is 0.283. The predicted octanol–water partition coefficient (Wildman–Crippen LogP) is 6.70. The predicted molar refractivity (Wildman–Crippen MR) is 142 cm³/mol. The summed E-state index contributed by atoms with van der Waals surface area (Å²) in [5.74, 6) is 1.56. The molecule has 1 aliphatic heterocycles. The molecule has 1 fully saturated rings. The first-order chi connectivity index (χ1) is 17.1. The van der Waals surface area contributed by atoms with Crippen molar-refractivity contribution in [1.29, 1.82) is 0 Å². The minimum atomic E-state index is 0.174. The van der Waals surface area contributed by atoms with Gasteiger partial charge in [-0.15, -0.1) is 0 Å². The summed E-state index contributed by atoms with van der Waals surface area (Å²) in [5.41, 5.74) is 3.37. The maximum Gasteiger partial charge on any atom is 0.227 e. The van der Waals surface area contributed by atoms with Crippen LogP contribution in [-0.4, -0.2) is 34.3 Å². The molecule has 1 saturated heterocycles. The standard InChI is InChI=1S/C28H29ClN4O2/c29-26-11-8-23(34)17-25(26)19-5-12-27-20(16-19)18-31-28(33-27)32-22-6-9-24(10-7-22)35-15-13-21-4-2-1-3-14-30-21/h5-12,16-18,21,30,34H,1-4,13-15H2,(H,31,32,33). The SMILES string of the molecule is Oc1ccc(Cl)c(-c2ccc3nc(Nc4ccc(OCCC5CCCCCN5)cc4)ncc3c2)c1. The zero-order chi connectivity index (χ0) is 24.0. The van der Waals surface area contributed by atoms with Crippen molar-refractivity contribution in [1.82, 2.24) is 15.3 Å². The Kier molecular flexibility index (Phi) is 7.31. The fourth-order valence-corrected chi connectivity index (χ4v) is 4.65. The van der Waals surface area contributed by atoms with E-state index in [0.717, 1.165) is 46.4 Å². The molecule has 5 rings (SSSR count). The van der Waals surface area contributed by atoms with Crippen molar-refractivity contribution in [2.45, 2.75) is 38.1 Å². The Hall–Kier alpha value is -3.35. The van der Waals surface area contributed by atoms with Gasteiger partial charge in [-0.25, -0.2) is 9.97 Å². The lowest BCUT2D eigenvalue weighted by atomic mass is 10.0. The molecule has 1 unspecified atom stereocenters. The third-order valence-electron chi connectivity index (χ3n) is 6.35. The van der Waals surface area contributed by atoms with Crippen LogP contribution in [-0.2, 0) is 0 Å². The normalized spacial score (nSPS) is 16.1. The molecule has 4 aromatic rings. The monoisotopic (exact) mass is 488 g/mol. The number of halogens is 1. The molecule has 35 heavy (non-hydrogen) atoms. The zero-order valence-corrected chi connectivity index (χ0v) is 20.3. The van der Waals surface area contributed by atoms with Gasteiger partial charge >= 0.3 is 0 Å². The van der Waals surface area contributed by atoms with E-state index in [9.17, 15) is 5.11 Å². The smallest absolute Gasteiger partial charge is 0.227 e. The van der Waals surface area contributed by atoms with E-state index < -0.39 is 0 Å². The van der Waals surface area contributed by atoms with Gasteiger partial charge in [0.15, 0.2) is 0 Å². The summed E-state index contributed by atoms with van der Waals surface area (Å²) < 4.78 is 5.95. The highest BCUT2D eigenvalue weighted by Gasteiger charge is 2.11. The van der Waals surface area contributed by atoms with Crippen molar-refractivity contribution >= 4 is 34.1 Å².